The summed E-state index contributed by atoms with van der Waals surface area (Å²) in [6.45, 7) is 4.57. The van der Waals surface area contributed by atoms with Crippen molar-refractivity contribution in [1.29, 1.82) is 0 Å². The lowest BCUT2D eigenvalue weighted by Crippen LogP contribution is -2.05. The molecule has 0 amide bonds. The Balaban J connectivity index is 2.41. The van der Waals surface area contributed by atoms with E-state index in [1.165, 1.54) is 5.56 Å². The number of aromatic nitrogens is 3. The van der Waals surface area contributed by atoms with Gasteiger partial charge in [-0.15, -0.1) is 0 Å². The van der Waals surface area contributed by atoms with Crippen LogP contribution in [0, 0.1) is 13.8 Å². The van der Waals surface area contributed by atoms with Crippen LogP contribution in [0.4, 0.5) is 0 Å². The van der Waals surface area contributed by atoms with Crippen LogP contribution in [0.2, 0.25) is 0 Å². The fourth-order valence-electron chi connectivity index (χ4n) is 1.64. The third kappa shape index (κ3) is 2.56. The normalized spacial score (nSPS) is 10.8. The Morgan fingerprint density at radius 1 is 1.35 bits per heavy atom. The lowest BCUT2D eigenvalue weighted by atomic mass is 10.2. The van der Waals surface area contributed by atoms with E-state index in [1.807, 2.05) is 23.7 Å². The molecule has 0 atom stereocenters. The fraction of sp³-hybridized carbons (Fsp3) is 0.333. The molecule has 2 rings (SSSR count). The summed E-state index contributed by atoms with van der Waals surface area (Å²) < 4.78 is 2.92. The quantitative estimate of drug-likeness (QED) is 0.944. The van der Waals surface area contributed by atoms with Gasteiger partial charge in [0.05, 0.1) is 5.69 Å². The molecule has 1 aromatic heterocycles. The minimum atomic E-state index is 0.570. The first-order valence-electron chi connectivity index (χ1n) is 5.51. The van der Waals surface area contributed by atoms with Crippen molar-refractivity contribution in [2.75, 3.05) is 6.54 Å². The standard InChI is InChI=1S/C12H15BrN4/c1-8-3-4-10(7-11(8)13)17-9(2)15-12(16-17)5-6-14/h3-4,7H,5-6,14H2,1-2H3. The smallest absolute Gasteiger partial charge is 0.152 e. The molecule has 0 saturated heterocycles. The fourth-order valence-corrected chi connectivity index (χ4v) is 2.00. The maximum absolute atomic E-state index is 5.51. The number of hydrogen-bond donors (Lipinski definition) is 1. The third-order valence-corrected chi connectivity index (χ3v) is 3.44. The van der Waals surface area contributed by atoms with Crippen LogP contribution in [0.25, 0.3) is 5.69 Å². The summed E-state index contributed by atoms with van der Waals surface area (Å²) in [7, 11) is 0. The first kappa shape index (κ1) is 12.3. The van der Waals surface area contributed by atoms with Gasteiger partial charge in [0.25, 0.3) is 0 Å². The second kappa shape index (κ2) is 4.98. The number of hydrogen-bond acceptors (Lipinski definition) is 3. The van der Waals surface area contributed by atoms with Crippen LogP contribution in [0.3, 0.4) is 0 Å². The molecule has 0 fully saturated rings. The molecule has 5 heteroatoms. The maximum Gasteiger partial charge on any atom is 0.152 e. The molecule has 1 heterocycles. The van der Waals surface area contributed by atoms with Crippen molar-refractivity contribution in [2.45, 2.75) is 20.3 Å². The summed E-state index contributed by atoms with van der Waals surface area (Å²) >= 11 is 3.52. The summed E-state index contributed by atoms with van der Waals surface area (Å²) in [5.74, 6) is 1.67. The third-order valence-electron chi connectivity index (χ3n) is 2.58. The predicted octanol–water partition coefficient (Wildman–Crippen LogP) is 2.15. The first-order chi connectivity index (χ1) is 8.11. The van der Waals surface area contributed by atoms with Gasteiger partial charge in [-0.05, 0) is 38.1 Å². The monoisotopic (exact) mass is 294 g/mol. The Bertz CT molecular complexity index is 533. The summed E-state index contributed by atoms with van der Waals surface area (Å²) in [6.07, 6.45) is 0.709. The van der Waals surface area contributed by atoms with Gasteiger partial charge in [0.15, 0.2) is 5.82 Å². The molecule has 0 aliphatic rings. The Morgan fingerprint density at radius 3 is 2.76 bits per heavy atom. The number of aryl methyl sites for hydroxylation is 2. The van der Waals surface area contributed by atoms with Crippen molar-refractivity contribution < 1.29 is 0 Å². The van der Waals surface area contributed by atoms with E-state index in [1.54, 1.807) is 0 Å². The minimum absolute atomic E-state index is 0.570. The van der Waals surface area contributed by atoms with Crippen molar-refractivity contribution in [3.8, 4) is 5.69 Å². The second-order valence-corrected chi connectivity index (χ2v) is 4.81. The van der Waals surface area contributed by atoms with Crippen molar-refractivity contribution in [1.82, 2.24) is 14.8 Å². The molecule has 0 unspecified atom stereocenters. The minimum Gasteiger partial charge on any atom is -0.330 e. The largest absolute Gasteiger partial charge is 0.330 e. The van der Waals surface area contributed by atoms with E-state index < -0.39 is 0 Å². The molecule has 0 saturated carbocycles. The Kier molecular flexibility index (Phi) is 3.59. The van der Waals surface area contributed by atoms with Gasteiger partial charge in [0.2, 0.25) is 0 Å². The maximum atomic E-state index is 5.51. The zero-order valence-corrected chi connectivity index (χ0v) is 11.5. The second-order valence-electron chi connectivity index (χ2n) is 3.96. The highest BCUT2D eigenvalue weighted by molar-refractivity contribution is 9.10. The van der Waals surface area contributed by atoms with Crippen LogP contribution in [-0.4, -0.2) is 21.3 Å². The van der Waals surface area contributed by atoms with Crippen LogP contribution in [0.15, 0.2) is 22.7 Å². The van der Waals surface area contributed by atoms with Crippen LogP contribution < -0.4 is 5.73 Å². The van der Waals surface area contributed by atoms with Gasteiger partial charge in [-0.1, -0.05) is 22.0 Å². The molecule has 2 aromatic rings. The van der Waals surface area contributed by atoms with Gasteiger partial charge in [-0.25, -0.2) is 9.67 Å². The van der Waals surface area contributed by atoms with Gasteiger partial charge in [0, 0.05) is 10.9 Å². The van der Waals surface area contributed by atoms with E-state index in [4.69, 9.17) is 5.73 Å². The molecular formula is C12H15BrN4. The van der Waals surface area contributed by atoms with E-state index in [2.05, 4.69) is 39.0 Å². The van der Waals surface area contributed by atoms with Crippen LogP contribution in [0.1, 0.15) is 17.2 Å². The summed E-state index contributed by atoms with van der Waals surface area (Å²) in [5.41, 5.74) is 7.72. The van der Waals surface area contributed by atoms with Gasteiger partial charge in [0.1, 0.15) is 5.82 Å². The summed E-state index contributed by atoms with van der Waals surface area (Å²) in [5, 5.41) is 4.45. The summed E-state index contributed by atoms with van der Waals surface area (Å²) in [6, 6.07) is 6.14. The zero-order chi connectivity index (χ0) is 12.4. The molecule has 1 aromatic carbocycles. The molecule has 4 nitrogen and oxygen atoms in total. The molecule has 90 valence electrons. The van der Waals surface area contributed by atoms with Crippen LogP contribution in [-0.2, 0) is 6.42 Å². The number of nitrogens with two attached hydrogens (primary N) is 1. The first-order valence-corrected chi connectivity index (χ1v) is 6.30. The topological polar surface area (TPSA) is 56.7 Å². The molecular weight excluding hydrogens is 280 g/mol. The van der Waals surface area contributed by atoms with Gasteiger partial charge in [-0.2, -0.15) is 5.10 Å². The molecule has 17 heavy (non-hydrogen) atoms. The van der Waals surface area contributed by atoms with Gasteiger partial charge in [-0.3, -0.25) is 0 Å². The molecule has 0 radical (unpaired) electrons. The number of nitrogens with zero attached hydrogens (tertiary/aromatic N) is 3. The molecule has 0 spiro atoms. The Labute approximate surface area is 109 Å². The van der Waals surface area contributed by atoms with E-state index >= 15 is 0 Å². The van der Waals surface area contributed by atoms with Gasteiger partial charge < -0.3 is 5.73 Å². The number of benzene rings is 1. The number of halogens is 1. The summed E-state index contributed by atoms with van der Waals surface area (Å²) in [4.78, 5) is 4.39. The lowest BCUT2D eigenvalue weighted by molar-refractivity contribution is 0.803. The average Bonchev–Trinajstić information content (AvgIpc) is 2.64. The van der Waals surface area contributed by atoms with Crippen LogP contribution >= 0.6 is 15.9 Å². The lowest BCUT2D eigenvalue weighted by Gasteiger charge is -2.05. The van der Waals surface area contributed by atoms with Crippen molar-refractivity contribution in [2.24, 2.45) is 5.73 Å². The van der Waals surface area contributed by atoms with Crippen molar-refractivity contribution in [3.05, 3.63) is 39.9 Å². The average molecular weight is 295 g/mol. The van der Waals surface area contributed by atoms with E-state index in [9.17, 15) is 0 Å². The van der Waals surface area contributed by atoms with Crippen molar-refractivity contribution in [3.63, 3.8) is 0 Å². The predicted molar refractivity (Wildman–Crippen MR) is 71.3 cm³/mol. The van der Waals surface area contributed by atoms with E-state index in [-0.39, 0.29) is 0 Å². The highest BCUT2D eigenvalue weighted by atomic mass is 79.9. The molecule has 0 aliphatic heterocycles. The Morgan fingerprint density at radius 2 is 2.12 bits per heavy atom. The van der Waals surface area contributed by atoms with Gasteiger partial charge >= 0.3 is 0 Å². The van der Waals surface area contributed by atoms with Crippen molar-refractivity contribution >= 4 is 15.9 Å². The Hall–Kier alpha value is -1.20. The molecule has 0 aliphatic carbocycles. The molecule has 0 bridgehead atoms. The van der Waals surface area contributed by atoms with E-state index in [0.29, 0.717) is 13.0 Å². The highest BCUT2D eigenvalue weighted by Gasteiger charge is 2.08. The highest BCUT2D eigenvalue weighted by Crippen LogP contribution is 2.20. The van der Waals surface area contributed by atoms with Crippen LogP contribution in [0.5, 0.6) is 0 Å². The molecule has 2 N–H and O–H groups in total. The zero-order valence-electron chi connectivity index (χ0n) is 9.94. The van der Waals surface area contributed by atoms with E-state index in [0.717, 1.165) is 21.8 Å². The number of rotatable bonds is 3. The SMILES string of the molecule is Cc1ccc(-n2nc(CCN)nc2C)cc1Br.